The summed E-state index contributed by atoms with van der Waals surface area (Å²) >= 11 is 0. The van der Waals surface area contributed by atoms with Crippen LogP contribution in [0.5, 0.6) is 0 Å². The van der Waals surface area contributed by atoms with E-state index in [1.54, 1.807) is 0 Å². The zero-order valence-electron chi connectivity index (χ0n) is 14.1. The first kappa shape index (κ1) is 20.0. The number of nitrogens with one attached hydrogen (secondary N) is 1. The van der Waals surface area contributed by atoms with Gasteiger partial charge in [0.25, 0.3) is 0 Å². The SMILES string of the molecule is CCOCCCNC(=NC)N1CC=C(c2ccccc2)CC1.I. The van der Waals surface area contributed by atoms with Crippen LogP contribution in [0, 0.1) is 0 Å². The van der Waals surface area contributed by atoms with Crippen LogP contribution in [0.15, 0.2) is 41.4 Å². The van der Waals surface area contributed by atoms with E-state index in [9.17, 15) is 0 Å². The molecule has 0 spiro atoms. The number of hydrogen-bond acceptors (Lipinski definition) is 2. The molecule has 0 aliphatic carbocycles. The number of guanidine groups is 1. The van der Waals surface area contributed by atoms with Crippen LogP contribution in [0.25, 0.3) is 5.57 Å². The third-order valence-electron chi connectivity index (χ3n) is 3.82. The summed E-state index contributed by atoms with van der Waals surface area (Å²) in [4.78, 5) is 6.69. The van der Waals surface area contributed by atoms with Gasteiger partial charge in [0.05, 0.1) is 0 Å². The van der Waals surface area contributed by atoms with E-state index in [0.717, 1.165) is 51.6 Å². The van der Waals surface area contributed by atoms with Gasteiger partial charge in [-0.25, -0.2) is 0 Å². The molecule has 128 valence electrons. The molecule has 0 saturated heterocycles. The predicted molar refractivity (Wildman–Crippen MR) is 108 cm³/mol. The van der Waals surface area contributed by atoms with Crippen molar-refractivity contribution in [2.45, 2.75) is 19.8 Å². The molecule has 0 fully saturated rings. The number of hydrogen-bond donors (Lipinski definition) is 1. The summed E-state index contributed by atoms with van der Waals surface area (Å²) in [5.74, 6) is 0.986. The normalized spacial score (nSPS) is 15.0. The van der Waals surface area contributed by atoms with E-state index in [0.29, 0.717) is 0 Å². The van der Waals surface area contributed by atoms with Gasteiger partial charge in [0.1, 0.15) is 0 Å². The van der Waals surface area contributed by atoms with Gasteiger partial charge in [-0.15, -0.1) is 24.0 Å². The maximum absolute atomic E-state index is 5.35. The second-order valence-corrected chi connectivity index (χ2v) is 5.32. The Hall–Kier alpha value is -1.08. The maximum atomic E-state index is 5.35. The van der Waals surface area contributed by atoms with Crippen molar-refractivity contribution >= 4 is 35.5 Å². The molecule has 1 aliphatic heterocycles. The van der Waals surface area contributed by atoms with Gasteiger partial charge < -0.3 is 15.0 Å². The lowest BCUT2D eigenvalue weighted by Gasteiger charge is -2.29. The highest BCUT2D eigenvalue weighted by molar-refractivity contribution is 14.0. The fraction of sp³-hybridized carbons (Fsp3) is 0.500. The standard InChI is InChI=1S/C18H27N3O.HI/c1-3-22-15-7-12-20-18(19-2)21-13-10-17(11-14-21)16-8-5-4-6-9-16;/h4-6,8-10H,3,7,11-15H2,1-2H3,(H,19,20);1H. The molecule has 0 atom stereocenters. The molecule has 1 aromatic rings. The van der Waals surface area contributed by atoms with Gasteiger partial charge >= 0.3 is 0 Å². The average Bonchev–Trinajstić information content (AvgIpc) is 2.59. The van der Waals surface area contributed by atoms with Crippen molar-refractivity contribution in [3.05, 3.63) is 42.0 Å². The van der Waals surface area contributed by atoms with Gasteiger partial charge in [0.15, 0.2) is 5.96 Å². The minimum Gasteiger partial charge on any atom is -0.382 e. The zero-order chi connectivity index (χ0) is 15.6. The van der Waals surface area contributed by atoms with Crippen molar-refractivity contribution in [3.8, 4) is 0 Å². The minimum atomic E-state index is 0. The first-order valence-electron chi connectivity index (χ1n) is 8.13. The van der Waals surface area contributed by atoms with Gasteiger partial charge in [-0.3, -0.25) is 4.99 Å². The fourth-order valence-corrected chi connectivity index (χ4v) is 2.63. The largest absolute Gasteiger partial charge is 0.382 e. The zero-order valence-corrected chi connectivity index (χ0v) is 16.5. The smallest absolute Gasteiger partial charge is 0.193 e. The predicted octanol–water partition coefficient (Wildman–Crippen LogP) is 3.40. The van der Waals surface area contributed by atoms with Crippen molar-refractivity contribution in [1.82, 2.24) is 10.2 Å². The molecule has 0 bridgehead atoms. The van der Waals surface area contributed by atoms with Gasteiger partial charge in [-0.05, 0) is 30.9 Å². The van der Waals surface area contributed by atoms with Crippen LogP contribution in [0.2, 0.25) is 0 Å². The van der Waals surface area contributed by atoms with E-state index >= 15 is 0 Å². The number of benzene rings is 1. The van der Waals surface area contributed by atoms with E-state index in [4.69, 9.17) is 4.74 Å². The molecular formula is C18H28IN3O. The van der Waals surface area contributed by atoms with E-state index in [1.165, 1.54) is 11.1 Å². The Balaban J connectivity index is 0.00000264. The van der Waals surface area contributed by atoms with Gasteiger partial charge in [0.2, 0.25) is 0 Å². The number of rotatable bonds is 6. The average molecular weight is 429 g/mol. The van der Waals surface area contributed by atoms with Crippen molar-refractivity contribution in [2.75, 3.05) is 39.9 Å². The number of halogens is 1. The second kappa shape index (κ2) is 11.5. The molecule has 1 heterocycles. The lowest BCUT2D eigenvalue weighted by molar-refractivity contribution is 0.145. The third kappa shape index (κ3) is 6.51. The van der Waals surface area contributed by atoms with Crippen LogP contribution in [-0.4, -0.2) is 50.8 Å². The topological polar surface area (TPSA) is 36.9 Å². The molecule has 23 heavy (non-hydrogen) atoms. The second-order valence-electron chi connectivity index (χ2n) is 5.32. The fourth-order valence-electron chi connectivity index (χ4n) is 2.63. The van der Waals surface area contributed by atoms with E-state index < -0.39 is 0 Å². The van der Waals surface area contributed by atoms with Crippen LogP contribution in [-0.2, 0) is 4.74 Å². The molecule has 2 rings (SSSR count). The third-order valence-corrected chi connectivity index (χ3v) is 3.82. The van der Waals surface area contributed by atoms with Gasteiger partial charge in [0, 0.05) is 39.9 Å². The summed E-state index contributed by atoms with van der Waals surface area (Å²) < 4.78 is 5.35. The molecule has 0 unspecified atom stereocenters. The lowest BCUT2D eigenvalue weighted by Crippen LogP contribution is -2.43. The van der Waals surface area contributed by atoms with Crippen LogP contribution < -0.4 is 5.32 Å². The highest BCUT2D eigenvalue weighted by Gasteiger charge is 2.15. The Labute approximate surface area is 157 Å². The Morgan fingerprint density at radius 1 is 1.30 bits per heavy atom. The Morgan fingerprint density at radius 2 is 2.09 bits per heavy atom. The molecular weight excluding hydrogens is 401 g/mol. The van der Waals surface area contributed by atoms with Crippen molar-refractivity contribution in [1.29, 1.82) is 0 Å². The quantitative estimate of drug-likeness (QED) is 0.326. The minimum absolute atomic E-state index is 0. The monoisotopic (exact) mass is 429 g/mol. The summed E-state index contributed by atoms with van der Waals surface area (Å²) in [6, 6.07) is 10.6. The Bertz CT molecular complexity index is 502. The van der Waals surface area contributed by atoms with E-state index in [1.807, 2.05) is 14.0 Å². The number of ether oxygens (including phenoxy) is 1. The molecule has 1 N–H and O–H groups in total. The lowest BCUT2D eigenvalue weighted by atomic mass is 10.00. The molecule has 0 aromatic heterocycles. The Morgan fingerprint density at radius 3 is 2.70 bits per heavy atom. The summed E-state index contributed by atoms with van der Waals surface area (Å²) in [5, 5.41) is 3.42. The molecule has 0 amide bonds. The van der Waals surface area contributed by atoms with Gasteiger partial charge in [-0.2, -0.15) is 0 Å². The molecule has 1 aromatic carbocycles. The van der Waals surface area contributed by atoms with Crippen molar-refractivity contribution < 1.29 is 4.74 Å². The summed E-state index contributed by atoms with van der Waals surface area (Å²) in [5.41, 5.74) is 2.77. The highest BCUT2D eigenvalue weighted by Crippen LogP contribution is 2.21. The molecule has 4 nitrogen and oxygen atoms in total. The van der Waals surface area contributed by atoms with Crippen LogP contribution >= 0.6 is 24.0 Å². The van der Waals surface area contributed by atoms with Crippen molar-refractivity contribution in [2.24, 2.45) is 4.99 Å². The molecule has 5 heteroatoms. The number of aliphatic imine (C=N–C) groups is 1. The van der Waals surface area contributed by atoms with Crippen molar-refractivity contribution in [3.63, 3.8) is 0 Å². The molecule has 1 aliphatic rings. The molecule has 0 radical (unpaired) electrons. The van der Waals surface area contributed by atoms with Crippen LogP contribution in [0.4, 0.5) is 0 Å². The first-order valence-corrected chi connectivity index (χ1v) is 8.13. The number of nitrogens with zero attached hydrogens (tertiary/aromatic N) is 2. The van der Waals surface area contributed by atoms with Crippen LogP contribution in [0.3, 0.4) is 0 Å². The van der Waals surface area contributed by atoms with E-state index in [2.05, 4.69) is 51.6 Å². The van der Waals surface area contributed by atoms with E-state index in [-0.39, 0.29) is 24.0 Å². The Kier molecular flexibility index (Phi) is 9.94. The summed E-state index contributed by atoms with van der Waals surface area (Å²) in [6.07, 6.45) is 4.38. The highest BCUT2D eigenvalue weighted by atomic mass is 127. The maximum Gasteiger partial charge on any atom is 0.193 e. The van der Waals surface area contributed by atoms with Crippen LogP contribution in [0.1, 0.15) is 25.3 Å². The molecule has 0 saturated carbocycles. The summed E-state index contributed by atoms with van der Waals surface area (Å²) in [6.45, 7) is 6.43. The summed E-state index contributed by atoms with van der Waals surface area (Å²) in [7, 11) is 1.85. The van der Waals surface area contributed by atoms with Gasteiger partial charge in [-0.1, -0.05) is 36.4 Å². The first-order chi connectivity index (χ1) is 10.8.